The monoisotopic (exact) mass is 322 g/mol. The van der Waals surface area contributed by atoms with Gasteiger partial charge in [-0.2, -0.15) is 11.3 Å². The van der Waals surface area contributed by atoms with Crippen molar-refractivity contribution in [2.75, 3.05) is 6.54 Å². The number of aliphatic hydroxyl groups excluding tert-OH is 1. The fourth-order valence-corrected chi connectivity index (χ4v) is 2.82. The molecular formula is C16H19FN2O2S. The van der Waals surface area contributed by atoms with Crippen molar-refractivity contribution >= 4 is 17.4 Å². The van der Waals surface area contributed by atoms with Crippen LogP contribution in [-0.4, -0.2) is 23.7 Å². The number of carbonyl (C=O) groups is 1. The number of hydrogen-bond acceptors (Lipinski definition) is 3. The average Bonchev–Trinajstić information content (AvgIpc) is 2.98. The van der Waals surface area contributed by atoms with Gasteiger partial charge in [-0.1, -0.05) is 12.1 Å². The van der Waals surface area contributed by atoms with Crippen LogP contribution in [0, 0.1) is 5.82 Å². The molecule has 3 N–H and O–H groups in total. The molecule has 1 aromatic carbocycles. The lowest BCUT2D eigenvalue weighted by Crippen LogP contribution is -2.43. The number of hydrogen-bond donors (Lipinski definition) is 3. The van der Waals surface area contributed by atoms with Crippen molar-refractivity contribution in [3.8, 4) is 0 Å². The van der Waals surface area contributed by atoms with E-state index in [2.05, 4.69) is 10.6 Å². The van der Waals surface area contributed by atoms with Crippen LogP contribution in [0.5, 0.6) is 0 Å². The second-order valence-electron chi connectivity index (χ2n) is 5.16. The molecule has 0 spiro atoms. The molecule has 0 saturated carbocycles. The largest absolute Gasteiger partial charge is 0.387 e. The van der Waals surface area contributed by atoms with Crippen LogP contribution in [0.2, 0.25) is 0 Å². The van der Waals surface area contributed by atoms with Crippen LogP contribution in [-0.2, 0) is 6.42 Å². The standard InChI is InChI=1S/C16H19FN2O2S/c1-11(7-12-3-2-4-14(17)8-12)19-16(21)18-9-15(20)13-5-6-22-10-13/h2-6,8,10-11,15,20H,7,9H2,1H3,(H2,18,19,21). The maximum absolute atomic E-state index is 13.1. The predicted molar refractivity (Wildman–Crippen MR) is 85.4 cm³/mol. The number of aliphatic hydroxyl groups is 1. The molecule has 2 unspecified atom stereocenters. The van der Waals surface area contributed by atoms with Crippen molar-refractivity contribution in [3.63, 3.8) is 0 Å². The quantitative estimate of drug-likeness (QED) is 0.766. The normalized spacial score (nSPS) is 13.4. The van der Waals surface area contributed by atoms with Gasteiger partial charge in [0.25, 0.3) is 0 Å². The zero-order chi connectivity index (χ0) is 15.9. The van der Waals surface area contributed by atoms with Gasteiger partial charge >= 0.3 is 6.03 Å². The van der Waals surface area contributed by atoms with E-state index in [1.165, 1.54) is 23.5 Å². The van der Waals surface area contributed by atoms with Crippen molar-refractivity contribution in [3.05, 3.63) is 58.0 Å². The smallest absolute Gasteiger partial charge is 0.315 e. The van der Waals surface area contributed by atoms with Crippen LogP contribution >= 0.6 is 11.3 Å². The molecule has 0 fully saturated rings. The van der Waals surface area contributed by atoms with Crippen LogP contribution < -0.4 is 10.6 Å². The molecule has 0 aliphatic heterocycles. The number of benzene rings is 1. The van der Waals surface area contributed by atoms with Crippen molar-refractivity contribution in [1.82, 2.24) is 10.6 Å². The molecule has 2 amide bonds. The fraction of sp³-hybridized carbons (Fsp3) is 0.312. The summed E-state index contributed by atoms with van der Waals surface area (Å²) in [5, 5.41) is 19.0. The van der Waals surface area contributed by atoms with E-state index in [1.54, 1.807) is 6.07 Å². The Bertz CT molecular complexity index is 604. The molecule has 1 aromatic heterocycles. The number of urea groups is 1. The zero-order valence-corrected chi connectivity index (χ0v) is 13.1. The molecule has 4 nitrogen and oxygen atoms in total. The molecule has 2 rings (SSSR count). The van der Waals surface area contributed by atoms with E-state index in [-0.39, 0.29) is 24.4 Å². The van der Waals surface area contributed by atoms with Gasteiger partial charge in [-0.15, -0.1) is 0 Å². The molecule has 1 heterocycles. The lowest BCUT2D eigenvalue weighted by atomic mass is 10.1. The number of thiophene rings is 1. The Morgan fingerprint density at radius 3 is 2.91 bits per heavy atom. The fourth-order valence-electron chi connectivity index (χ4n) is 2.12. The van der Waals surface area contributed by atoms with Crippen molar-refractivity contribution in [2.24, 2.45) is 0 Å². The second kappa shape index (κ2) is 7.91. The lowest BCUT2D eigenvalue weighted by molar-refractivity contribution is 0.173. The van der Waals surface area contributed by atoms with Crippen LogP contribution in [0.25, 0.3) is 0 Å². The summed E-state index contributed by atoms with van der Waals surface area (Å²) >= 11 is 1.50. The van der Waals surface area contributed by atoms with Gasteiger partial charge in [0.1, 0.15) is 5.82 Å². The summed E-state index contributed by atoms with van der Waals surface area (Å²) in [5.41, 5.74) is 1.62. The Labute approximate surface area is 133 Å². The van der Waals surface area contributed by atoms with E-state index in [9.17, 15) is 14.3 Å². The average molecular weight is 322 g/mol. The lowest BCUT2D eigenvalue weighted by Gasteiger charge is -2.16. The summed E-state index contributed by atoms with van der Waals surface area (Å²) < 4.78 is 13.1. The van der Waals surface area contributed by atoms with Gasteiger partial charge in [0.05, 0.1) is 6.10 Å². The molecule has 0 saturated heterocycles. The van der Waals surface area contributed by atoms with Crippen molar-refractivity contribution < 1.29 is 14.3 Å². The maximum atomic E-state index is 13.1. The number of amides is 2. The Balaban J connectivity index is 1.74. The SMILES string of the molecule is CC(Cc1cccc(F)c1)NC(=O)NCC(O)c1ccsc1. The third kappa shape index (κ3) is 5.13. The third-order valence-electron chi connectivity index (χ3n) is 3.19. The van der Waals surface area contributed by atoms with E-state index >= 15 is 0 Å². The predicted octanol–water partition coefficient (Wildman–Crippen LogP) is 2.85. The van der Waals surface area contributed by atoms with Crippen molar-refractivity contribution in [2.45, 2.75) is 25.5 Å². The zero-order valence-electron chi connectivity index (χ0n) is 12.3. The number of halogens is 1. The van der Waals surface area contributed by atoms with E-state index in [0.29, 0.717) is 6.42 Å². The van der Waals surface area contributed by atoms with E-state index in [4.69, 9.17) is 0 Å². The van der Waals surface area contributed by atoms with Gasteiger partial charge in [0, 0.05) is 12.6 Å². The molecule has 0 bridgehead atoms. The number of carbonyl (C=O) groups excluding carboxylic acids is 1. The van der Waals surface area contributed by atoms with Crippen molar-refractivity contribution in [1.29, 1.82) is 0 Å². The molecule has 2 atom stereocenters. The first kappa shape index (κ1) is 16.5. The summed E-state index contributed by atoms with van der Waals surface area (Å²) in [5.74, 6) is -0.284. The molecule has 0 radical (unpaired) electrons. The second-order valence-corrected chi connectivity index (χ2v) is 5.94. The van der Waals surface area contributed by atoms with Gasteiger partial charge in [0.15, 0.2) is 0 Å². The van der Waals surface area contributed by atoms with E-state index in [0.717, 1.165) is 11.1 Å². The Kier molecular flexibility index (Phi) is 5.91. The molecule has 6 heteroatoms. The van der Waals surface area contributed by atoms with Gasteiger partial charge in [-0.25, -0.2) is 9.18 Å². The van der Waals surface area contributed by atoms with E-state index < -0.39 is 6.10 Å². The highest BCUT2D eigenvalue weighted by Gasteiger charge is 2.12. The molecule has 0 aliphatic carbocycles. The van der Waals surface area contributed by atoms with Crippen LogP contribution in [0.4, 0.5) is 9.18 Å². The van der Waals surface area contributed by atoms with Crippen LogP contribution in [0.15, 0.2) is 41.1 Å². The molecule has 2 aromatic rings. The number of nitrogens with one attached hydrogen (secondary N) is 2. The summed E-state index contributed by atoms with van der Waals surface area (Å²) in [4.78, 5) is 11.8. The van der Waals surface area contributed by atoms with Gasteiger partial charge in [-0.05, 0) is 53.4 Å². The molecular weight excluding hydrogens is 303 g/mol. The van der Waals surface area contributed by atoms with Gasteiger partial charge in [0.2, 0.25) is 0 Å². The Morgan fingerprint density at radius 2 is 2.23 bits per heavy atom. The Hall–Kier alpha value is -1.92. The highest BCUT2D eigenvalue weighted by atomic mass is 32.1. The molecule has 22 heavy (non-hydrogen) atoms. The highest BCUT2D eigenvalue weighted by Crippen LogP contribution is 2.15. The topological polar surface area (TPSA) is 61.4 Å². The highest BCUT2D eigenvalue weighted by molar-refractivity contribution is 7.07. The Morgan fingerprint density at radius 1 is 1.41 bits per heavy atom. The third-order valence-corrected chi connectivity index (χ3v) is 3.89. The minimum atomic E-state index is -0.712. The molecule has 0 aliphatic rings. The van der Waals surface area contributed by atoms with Gasteiger partial charge < -0.3 is 15.7 Å². The van der Waals surface area contributed by atoms with Gasteiger partial charge in [-0.3, -0.25) is 0 Å². The summed E-state index contributed by atoms with van der Waals surface area (Å²) in [6.07, 6.45) is -0.173. The minimum Gasteiger partial charge on any atom is -0.387 e. The summed E-state index contributed by atoms with van der Waals surface area (Å²) in [6.45, 7) is 2.00. The first-order valence-electron chi connectivity index (χ1n) is 7.03. The summed E-state index contributed by atoms with van der Waals surface area (Å²) in [6, 6.07) is 7.64. The van der Waals surface area contributed by atoms with Crippen LogP contribution in [0.3, 0.4) is 0 Å². The number of rotatable bonds is 6. The first-order valence-corrected chi connectivity index (χ1v) is 7.98. The maximum Gasteiger partial charge on any atom is 0.315 e. The van der Waals surface area contributed by atoms with E-state index in [1.807, 2.05) is 29.8 Å². The van der Waals surface area contributed by atoms with Crippen LogP contribution in [0.1, 0.15) is 24.2 Å². The first-order chi connectivity index (χ1) is 10.5. The minimum absolute atomic E-state index is 0.139. The summed E-state index contributed by atoms with van der Waals surface area (Å²) in [7, 11) is 0. The molecule has 118 valence electrons.